The van der Waals surface area contributed by atoms with E-state index in [9.17, 15) is 10.1 Å². The number of aromatic nitrogens is 3. The molecule has 0 fully saturated rings. The Bertz CT molecular complexity index is 1180. The number of hydrogen-bond acceptors (Lipinski definition) is 8. The Morgan fingerprint density at radius 2 is 1.77 bits per heavy atom. The monoisotopic (exact) mass is 418 g/mol. The fourth-order valence-corrected chi connectivity index (χ4v) is 3.55. The standard InChI is InChI=1S/C21H18N6O2S/c1-14-23-18(13-30-14)15-3-5-16(6-4-15)24-21-19(27(28)29)7-8-20(25-21)26(2)17-9-11-22-12-10-17/h3-13H,1-2H3,(H,24,25). The molecule has 0 saturated heterocycles. The van der Waals surface area contributed by atoms with Gasteiger partial charge in [0.1, 0.15) is 5.82 Å². The first-order chi connectivity index (χ1) is 14.5. The molecule has 150 valence electrons. The molecule has 0 saturated carbocycles. The zero-order valence-corrected chi connectivity index (χ0v) is 17.1. The fraction of sp³-hybridized carbons (Fsp3) is 0.0952. The molecule has 30 heavy (non-hydrogen) atoms. The molecule has 3 aromatic heterocycles. The number of nitrogens with one attached hydrogen (secondary N) is 1. The second-order valence-corrected chi connectivity index (χ2v) is 7.58. The van der Waals surface area contributed by atoms with Crippen LogP contribution in [0.5, 0.6) is 0 Å². The zero-order chi connectivity index (χ0) is 21.1. The normalized spacial score (nSPS) is 10.6. The molecule has 0 unspecified atom stereocenters. The molecule has 4 aromatic rings. The summed E-state index contributed by atoms with van der Waals surface area (Å²) >= 11 is 1.59. The summed E-state index contributed by atoms with van der Waals surface area (Å²) in [5, 5.41) is 17.6. The lowest BCUT2D eigenvalue weighted by atomic mass is 10.1. The molecular weight excluding hydrogens is 400 g/mol. The van der Waals surface area contributed by atoms with E-state index in [0.29, 0.717) is 11.5 Å². The van der Waals surface area contributed by atoms with Crippen LogP contribution in [0.1, 0.15) is 5.01 Å². The maximum Gasteiger partial charge on any atom is 0.311 e. The van der Waals surface area contributed by atoms with E-state index in [1.54, 1.807) is 29.8 Å². The summed E-state index contributed by atoms with van der Waals surface area (Å²) in [5.74, 6) is 0.750. The molecule has 8 nitrogen and oxygen atoms in total. The Balaban J connectivity index is 1.63. The minimum absolute atomic E-state index is 0.0962. The molecule has 4 rings (SSSR count). The minimum Gasteiger partial charge on any atom is -0.334 e. The summed E-state index contributed by atoms with van der Waals surface area (Å²) in [6.07, 6.45) is 3.36. The van der Waals surface area contributed by atoms with E-state index in [4.69, 9.17) is 0 Å². The molecule has 0 aliphatic rings. The highest BCUT2D eigenvalue weighted by molar-refractivity contribution is 7.09. The smallest absolute Gasteiger partial charge is 0.311 e. The molecule has 9 heteroatoms. The molecule has 1 aromatic carbocycles. The topological polar surface area (TPSA) is 97.1 Å². The number of hydrogen-bond donors (Lipinski definition) is 1. The highest BCUT2D eigenvalue weighted by Crippen LogP contribution is 2.31. The predicted molar refractivity (Wildman–Crippen MR) is 119 cm³/mol. The van der Waals surface area contributed by atoms with Crippen molar-refractivity contribution in [3.63, 3.8) is 0 Å². The molecule has 0 spiro atoms. The third kappa shape index (κ3) is 4.11. The Labute approximate surface area is 177 Å². The van der Waals surface area contributed by atoms with E-state index in [0.717, 1.165) is 22.0 Å². The quantitative estimate of drug-likeness (QED) is 0.334. The van der Waals surface area contributed by atoms with Gasteiger partial charge >= 0.3 is 5.69 Å². The van der Waals surface area contributed by atoms with Crippen LogP contribution in [-0.2, 0) is 0 Å². The number of rotatable bonds is 6. The largest absolute Gasteiger partial charge is 0.334 e. The Hall–Kier alpha value is -3.85. The second-order valence-electron chi connectivity index (χ2n) is 6.51. The lowest BCUT2D eigenvalue weighted by Crippen LogP contribution is -2.12. The number of nitro groups is 1. The third-order valence-corrected chi connectivity index (χ3v) is 5.29. The van der Waals surface area contributed by atoms with Crippen molar-refractivity contribution in [2.75, 3.05) is 17.3 Å². The number of benzene rings is 1. The van der Waals surface area contributed by atoms with Crippen LogP contribution in [0.4, 0.5) is 28.7 Å². The molecular formula is C21H18N6O2S. The summed E-state index contributed by atoms with van der Waals surface area (Å²) in [6, 6.07) is 14.3. The maximum absolute atomic E-state index is 11.5. The highest BCUT2D eigenvalue weighted by atomic mass is 32.1. The highest BCUT2D eigenvalue weighted by Gasteiger charge is 2.18. The lowest BCUT2D eigenvalue weighted by Gasteiger charge is -2.19. The van der Waals surface area contributed by atoms with Crippen LogP contribution in [0, 0.1) is 17.0 Å². The van der Waals surface area contributed by atoms with Crippen molar-refractivity contribution in [3.8, 4) is 11.3 Å². The molecule has 1 N–H and O–H groups in total. The first-order valence-corrected chi connectivity index (χ1v) is 9.98. The van der Waals surface area contributed by atoms with E-state index >= 15 is 0 Å². The fourth-order valence-electron chi connectivity index (χ4n) is 2.92. The first-order valence-electron chi connectivity index (χ1n) is 9.10. The van der Waals surface area contributed by atoms with Gasteiger partial charge in [0.25, 0.3) is 0 Å². The molecule has 0 aliphatic carbocycles. The van der Waals surface area contributed by atoms with Crippen molar-refractivity contribution in [3.05, 3.63) is 81.4 Å². The van der Waals surface area contributed by atoms with Crippen molar-refractivity contribution in [1.82, 2.24) is 15.0 Å². The number of aryl methyl sites for hydroxylation is 1. The van der Waals surface area contributed by atoms with Crippen LogP contribution in [0.2, 0.25) is 0 Å². The third-order valence-electron chi connectivity index (χ3n) is 4.51. The number of anilines is 4. The van der Waals surface area contributed by atoms with E-state index in [1.807, 2.05) is 60.6 Å². The number of nitrogens with zero attached hydrogens (tertiary/aromatic N) is 5. The molecule has 0 atom stereocenters. The second kappa shape index (κ2) is 8.26. The Kier molecular flexibility index (Phi) is 5.36. The van der Waals surface area contributed by atoms with Crippen LogP contribution in [0.3, 0.4) is 0 Å². The van der Waals surface area contributed by atoms with Crippen LogP contribution in [-0.4, -0.2) is 26.9 Å². The summed E-state index contributed by atoms with van der Waals surface area (Å²) in [6.45, 7) is 1.96. The van der Waals surface area contributed by atoms with Crippen molar-refractivity contribution in [2.24, 2.45) is 0 Å². The van der Waals surface area contributed by atoms with Crippen LogP contribution < -0.4 is 10.2 Å². The zero-order valence-electron chi connectivity index (χ0n) is 16.3. The molecule has 0 amide bonds. The molecule has 0 bridgehead atoms. The Morgan fingerprint density at radius 3 is 2.40 bits per heavy atom. The van der Waals surface area contributed by atoms with Gasteiger partial charge in [-0.05, 0) is 37.3 Å². The molecule has 0 radical (unpaired) electrons. The Morgan fingerprint density at radius 1 is 1.03 bits per heavy atom. The summed E-state index contributed by atoms with van der Waals surface area (Å²) in [7, 11) is 1.85. The maximum atomic E-state index is 11.5. The van der Waals surface area contributed by atoms with Crippen LogP contribution >= 0.6 is 11.3 Å². The number of pyridine rings is 2. The van der Waals surface area contributed by atoms with Gasteiger partial charge in [-0.15, -0.1) is 11.3 Å². The van der Waals surface area contributed by atoms with E-state index in [-0.39, 0.29) is 11.5 Å². The van der Waals surface area contributed by atoms with Crippen molar-refractivity contribution >= 4 is 40.0 Å². The van der Waals surface area contributed by atoms with Crippen molar-refractivity contribution < 1.29 is 4.92 Å². The van der Waals surface area contributed by atoms with E-state index in [1.165, 1.54) is 6.07 Å². The van der Waals surface area contributed by atoms with Crippen LogP contribution in [0.25, 0.3) is 11.3 Å². The van der Waals surface area contributed by atoms with Crippen molar-refractivity contribution in [1.29, 1.82) is 0 Å². The SMILES string of the molecule is Cc1nc(-c2ccc(Nc3nc(N(C)c4ccncc4)ccc3[N+](=O)[O-])cc2)cs1. The van der Waals surface area contributed by atoms with E-state index < -0.39 is 4.92 Å². The lowest BCUT2D eigenvalue weighted by molar-refractivity contribution is -0.384. The van der Waals surface area contributed by atoms with Gasteiger partial charge in [-0.3, -0.25) is 15.1 Å². The molecule has 0 aliphatic heterocycles. The van der Waals surface area contributed by atoms with Gasteiger partial charge in [0.15, 0.2) is 0 Å². The van der Waals surface area contributed by atoms with Crippen molar-refractivity contribution in [2.45, 2.75) is 6.92 Å². The average molecular weight is 418 g/mol. The summed E-state index contributed by atoms with van der Waals surface area (Å²) < 4.78 is 0. The summed E-state index contributed by atoms with van der Waals surface area (Å²) in [4.78, 5) is 25.9. The predicted octanol–water partition coefficient (Wildman–Crippen LogP) is 5.33. The van der Waals surface area contributed by atoms with Gasteiger partial charge < -0.3 is 10.2 Å². The van der Waals surface area contributed by atoms with Gasteiger partial charge in [-0.2, -0.15) is 0 Å². The van der Waals surface area contributed by atoms with Gasteiger partial charge in [0.2, 0.25) is 5.82 Å². The van der Waals surface area contributed by atoms with Gasteiger partial charge in [-0.1, -0.05) is 12.1 Å². The van der Waals surface area contributed by atoms with Gasteiger partial charge in [0, 0.05) is 47.8 Å². The molecule has 3 heterocycles. The number of thiazole rings is 1. The van der Waals surface area contributed by atoms with Crippen LogP contribution in [0.15, 0.2) is 66.3 Å². The minimum atomic E-state index is -0.446. The van der Waals surface area contributed by atoms with Gasteiger partial charge in [0.05, 0.1) is 15.6 Å². The summed E-state index contributed by atoms with van der Waals surface area (Å²) in [5.41, 5.74) is 3.37. The van der Waals surface area contributed by atoms with Gasteiger partial charge in [-0.25, -0.2) is 9.97 Å². The first kappa shape index (κ1) is 19.5. The van der Waals surface area contributed by atoms with E-state index in [2.05, 4.69) is 20.3 Å². The average Bonchev–Trinajstić information content (AvgIpc) is 3.20.